The van der Waals surface area contributed by atoms with Gasteiger partial charge in [0.05, 0.1) is 5.56 Å². The Bertz CT molecular complexity index is 707. The van der Waals surface area contributed by atoms with Gasteiger partial charge in [-0.25, -0.2) is 8.42 Å². The molecule has 2 aromatic rings. The van der Waals surface area contributed by atoms with Gasteiger partial charge in [0.25, 0.3) is 5.89 Å². The van der Waals surface area contributed by atoms with E-state index >= 15 is 0 Å². The Morgan fingerprint density at radius 2 is 2.05 bits per heavy atom. The predicted molar refractivity (Wildman–Crippen MR) is 72.1 cm³/mol. The van der Waals surface area contributed by atoms with Crippen LogP contribution in [0.15, 0.2) is 22.7 Å². The molecule has 19 heavy (non-hydrogen) atoms. The molecule has 0 aliphatic heterocycles. The molecular formula is C12H15N3O3S. The summed E-state index contributed by atoms with van der Waals surface area (Å²) in [5, 5.41) is 2.90. The molecule has 0 amide bonds. The van der Waals surface area contributed by atoms with Crippen LogP contribution in [0.5, 0.6) is 0 Å². The Balaban J connectivity index is 2.45. The van der Waals surface area contributed by atoms with E-state index in [4.69, 9.17) is 10.3 Å². The summed E-state index contributed by atoms with van der Waals surface area (Å²) in [4.78, 5) is 4.11. The molecular weight excluding hydrogens is 266 g/mol. The first kappa shape index (κ1) is 13.5. The Morgan fingerprint density at radius 1 is 1.37 bits per heavy atom. The van der Waals surface area contributed by atoms with E-state index in [0.29, 0.717) is 11.3 Å². The van der Waals surface area contributed by atoms with Crippen LogP contribution in [-0.2, 0) is 9.84 Å². The number of nitrogen functional groups attached to an aromatic ring is 1. The van der Waals surface area contributed by atoms with Crippen molar-refractivity contribution in [3.63, 3.8) is 0 Å². The van der Waals surface area contributed by atoms with Gasteiger partial charge in [-0.1, -0.05) is 17.3 Å². The number of rotatable bonds is 3. The monoisotopic (exact) mass is 281 g/mol. The Hall–Kier alpha value is -1.89. The molecule has 2 rings (SSSR count). The van der Waals surface area contributed by atoms with E-state index in [0.717, 1.165) is 11.8 Å². The van der Waals surface area contributed by atoms with E-state index in [-0.39, 0.29) is 11.7 Å². The summed E-state index contributed by atoms with van der Waals surface area (Å²) in [6.07, 6.45) is 1.13. The van der Waals surface area contributed by atoms with Gasteiger partial charge in [-0.2, -0.15) is 4.98 Å². The highest BCUT2D eigenvalue weighted by Gasteiger charge is 2.24. The maximum Gasteiger partial charge on any atom is 0.260 e. The SMILES string of the molecule is Cc1cccc(-c2nc(C(C)S(C)(=O)=O)no2)c1N. The normalized spacial score (nSPS) is 13.4. The van der Waals surface area contributed by atoms with Crippen LogP contribution < -0.4 is 5.73 Å². The minimum absolute atomic E-state index is 0.137. The molecule has 0 radical (unpaired) electrons. The molecule has 0 spiro atoms. The zero-order valence-corrected chi connectivity index (χ0v) is 11.7. The van der Waals surface area contributed by atoms with Crippen molar-refractivity contribution in [2.24, 2.45) is 0 Å². The fraction of sp³-hybridized carbons (Fsp3) is 0.333. The van der Waals surface area contributed by atoms with Crippen molar-refractivity contribution < 1.29 is 12.9 Å². The zero-order chi connectivity index (χ0) is 14.2. The number of aryl methyl sites for hydroxylation is 1. The topological polar surface area (TPSA) is 99.1 Å². The van der Waals surface area contributed by atoms with E-state index in [1.165, 1.54) is 6.92 Å². The summed E-state index contributed by atoms with van der Waals surface area (Å²) in [5.74, 6) is 0.366. The number of hydrogen-bond acceptors (Lipinski definition) is 6. The van der Waals surface area contributed by atoms with Gasteiger partial charge in [0, 0.05) is 11.9 Å². The van der Waals surface area contributed by atoms with Crippen LogP contribution in [0.1, 0.15) is 23.6 Å². The standard InChI is InChI=1S/C12H15N3O3S/c1-7-5-4-6-9(10(7)13)12-14-11(15-18-12)8(2)19(3,16)17/h4-6,8H,13H2,1-3H3. The minimum atomic E-state index is -3.26. The predicted octanol–water partition coefficient (Wildman–Crippen LogP) is 1.73. The quantitative estimate of drug-likeness (QED) is 0.860. The second kappa shape index (κ2) is 4.65. The van der Waals surface area contributed by atoms with Crippen molar-refractivity contribution in [3.05, 3.63) is 29.6 Å². The second-order valence-electron chi connectivity index (χ2n) is 4.47. The van der Waals surface area contributed by atoms with Crippen LogP contribution >= 0.6 is 0 Å². The zero-order valence-electron chi connectivity index (χ0n) is 10.9. The lowest BCUT2D eigenvalue weighted by Gasteiger charge is -2.03. The van der Waals surface area contributed by atoms with Crippen LogP contribution in [0.4, 0.5) is 5.69 Å². The third kappa shape index (κ3) is 2.60. The van der Waals surface area contributed by atoms with Crippen LogP contribution in [0.2, 0.25) is 0 Å². The summed E-state index contributed by atoms with van der Waals surface area (Å²) in [7, 11) is -3.26. The summed E-state index contributed by atoms with van der Waals surface area (Å²) < 4.78 is 28.0. The number of anilines is 1. The van der Waals surface area contributed by atoms with Crippen molar-refractivity contribution in [1.82, 2.24) is 10.1 Å². The van der Waals surface area contributed by atoms with E-state index < -0.39 is 15.1 Å². The lowest BCUT2D eigenvalue weighted by Crippen LogP contribution is -2.09. The van der Waals surface area contributed by atoms with Gasteiger partial charge in [-0.15, -0.1) is 0 Å². The maximum absolute atomic E-state index is 11.5. The van der Waals surface area contributed by atoms with Gasteiger partial charge in [0.15, 0.2) is 15.7 Å². The fourth-order valence-electron chi connectivity index (χ4n) is 1.57. The maximum atomic E-state index is 11.5. The Labute approximate surface area is 111 Å². The van der Waals surface area contributed by atoms with Crippen LogP contribution in [0.3, 0.4) is 0 Å². The largest absolute Gasteiger partial charge is 0.398 e. The first-order valence-electron chi connectivity index (χ1n) is 5.68. The highest BCUT2D eigenvalue weighted by atomic mass is 32.2. The molecule has 102 valence electrons. The molecule has 1 aromatic heterocycles. The van der Waals surface area contributed by atoms with Gasteiger partial charge in [0.2, 0.25) is 0 Å². The lowest BCUT2D eigenvalue weighted by atomic mass is 10.1. The Morgan fingerprint density at radius 3 is 2.68 bits per heavy atom. The number of nitrogens with two attached hydrogens (primary N) is 1. The second-order valence-corrected chi connectivity index (χ2v) is 6.83. The molecule has 0 aliphatic rings. The van der Waals surface area contributed by atoms with Crippen LogP contribution in [0.25, 0.3) is 11.5 Å². The first-order chi connectivity index (χ1) is 8.80. The number of para-hydroxylation sites is 1. The fourth-order valence-corrected chi connectivity index (χ4v) is 2.05. The van der Waals surface area contributed by atoms with E-state index in [1.54, 1.807) is 6.07 Å². The highest BCUT2D eigenvalue weighted by molar-refractivity contribution is 7.90. The van der Waals surface area contributed by atoms with Gasteiger partial charge in [-0.3, -0.25) is 0 Å². The number of sulfone groups is 1. The van der Waals surface area contributed by atoms with Crippen molar-refractivity contribution in [3.8, 4) is 11.5 Å². The average molecular weight is 281 g/mol. The third-order valence-electron chi connectivity index (χ3n) is 3.00. The smallest absolute Gasteiger partial charge is 0.260 e. The van der Waals surface area contributed by atoms with Gasteiger partial charge >= 0.3 is 0 Å². The third-order valence-corrected chi connectivity index (χ3v) is 4.50. The number of aromatic nitrogens is 2. The molecule has 2 N–H and O–H groups in total. The minimum Gasteiger partial charge on any atom is -0.398 e. The number of benzene rings is 1. The lowest BCUT2D eigenvalue weighted by molar-refractivity contribution is 0.422. The Kier molecular flexibility index (Phi) is 3.32. The number of hydrogen-bond donors (Lipinski definition) is 1. The van der Waals surface area contributed by atoms with E-state index in [2.05, 4.69) is 10.1 Å². The molecule has 0 saturated heterocycles. The highest BCUT2D eigenvalue weighted by Crippen LogP contribution is 2.28. The molecule has 0 saturated carbocycles. The van der Waals surface area contributed by atoms with Crippen molar-refractivity contribution in [2.45, 2.75) is 19.1 Å². The van der Waals surface area contributed by atoms with E-state index in [9.17, 15) is 8.42 Å². The summed E-state index contributed by atoms with van der Waals surface area (Å²) in [5.41, 5.74) is 7.99. The van der Waals surface area contributed by atoms with Gasteiger partial charge in [-0.05, 0) is 25.5 Å². The van der Waals surface area contributed by atoms with E-state index in [1.807, 2.05) is 19.1 Å². The molecule has 7 heteroatoms. The molecule has 0 aliphatic carbocycles. The number of nitrogens with zero attached hydrogens (tertiary/aromatic N) is 2. The van der Waals surface area contributed by atoms with Crippen molar-refractivity contribution in [1.29, 1.82) is 0 Å². The molecule has 0 bridgehead atoms. The summed E-state index contributed by atoms with van der Waals surface area (Å²) >= 11 is 0. The molecule has 1 unspecified atom stereocenters. The molecule has 6 nitrogen and oxygen atoms in total. The molecule has 1 heterocycles. The van der Waals surface area contributed by atoms with Crippen LogP contribution in [0, 0.1) is 6.92 Å². The summed E-state index contributed by atoms with van der Waals surface area (Å²) in [6, 6.07) is 5.45. The van der Waals surface area contributed by atoms with Crippen molar-refractivity contribution in [2.75, 3.05) is 12.0 Å². The van der Waals surface area contributed by atoms with Crippen molar-refractivity contribution >= 4 is 15.5 Å². The van der Waals surface area contributed by atoms with Crippen LogP contribution in [-0.4, -0.2) is 24.8 Å². The molecule has 1 aromatic carbocycles. The summed E-state index contributed by atoms with van der Waals surface area (Å²) in [6.45, 7) is 3.39. The molecule has 1 atom stereocenters. The first-order valence-corrected chi connectivity index (χ1v) is 7.64. The molecule has 0 fully saturated rings. The van der Waals surface area contributed by atoms with Gasteiger partial charge in [0.1, 0.15) is 5.25 Å². The average Bonchev–Trinajstić information content (AvgIpc) is 2.79. The van der Waals surface area contributed by atoms with Gasteiger partial charge < -0.3 is 10.3 Å².